The summed E-state index contributed by atoms with van der Waals surface area (Å²) in [6.45, 7) is 13.1. The average Bonchev–Trinajstić information content (AvgIpc) is 2.73. The van der Waals surface area contributed by atoms with Gasteiger partial charge in [0.05, 0.1) is 11.2 Å². The molecule has 0 aromatic heterocycles. The molecule has 1 fully saturated rings. The number of hydrogen-bond acceptors (Lipinski definition) is 5. The van der Waals surface area contributed by atoms with Crippen LogP contribution in [-0.2, 0) is 14.0 Å². The van der Waals surface area contributed by atoms with Gasteiger partial charge in [-0.1, -0.05) is 12.1 Å². The van der Waals surface area contributed by atoms with E-state index in [4.69, 9.17) is 14.0 Å². The topological polar surface area (TPSA) is 77.0 Å². The number of carbonyl (C=O) groups is 1. The lowest BCUT2D eigenvalue weighted by Gasteiger charge is -2.32. The van der Waals surface area contributed by atoms with Gasteiger partial charge in [-0.25, -0.2) is 9.18 Å². The number of benzene rings is 1. The molecular formula is C20H29BFNO5. The first-order valence-electron chi connectivity index (χ1n) is 9.22. The Kier molecular flexibility index (Phi) is 6.16. The van der Waals surface area contributed by atoms with E-state index in [-0.39, 0.29) is 6.54 Å². The van der Waals surface area contributed by atoms with Crippen molar-refractivity contribution in [1.29, 1.82) is 0 Å². The normalized spacial score (nSPS) is 18.9. The zero-order chi connectivity index (χ0) is 21.3. The monoisotopic (exact) mass is 393 g/mol. The highest BCUT2D eigenvalue weighted by Crippen LogP contribution is 2.38. The molecule has 1 saturated heterocycles. The minimum atomic E-state index is -0.734. The van der Waals surface area contributed by atoms with Crippen LogP contribution in [-0.4, -0.2) is 41.7 Å². The van der Waals surface area contributed by atoms with Gasteiger partial charge in [0.2, 0.25) is 0 Å². The number of carbonyl (C=O) groups excluding carboxylic acids is 1. The van der Waals surface area contributed by atoms with Crippen LogP contribution in [0.5, 0.6) is 5.75 Å². The molecule has 0 bridgehead atoms. The molecule has 1 amide bonds. The van der Waals surface area contributed by atoms with Gasteiger partial charge in [-0.15, -0.1) is 0 Å². The Balaban J connectivity index is 2.27. The van der Waals surface area contributed by atoms with E-state index in [1.165, 1.54) is 12.1 Å². The summed E-state index contributed by atoms with van der Waals surface area (Å²) in [4.78, 5) is 12.0. The molecule has 0 saturated carbocycles. The predicted molar refractivity (Wildman–Crippen MR) is 106 cm³/mol. The smallest absolute Gasteiger partial charge is 0.492 e. The van der Waals surface area contributed by atoms with Crippen molar-refractivity contribution >= 4 is 19.3 Å². The Hall–Kier alpha value is -2.06. The maximum atomic E-state index is 13.7. The van der Waals surface area contributed by atoms with Gasteiger partial charge in [-0.3, -0.25) is 0 Å². The van der Waals surface area contributed by atoms with E-state index in [0.717, 1.165) is 0 Å². The van der Waals surface area contributed by atoms with Gasteiger partial charge < -0.3 is 24.5 Å². The van der Waals surface area contributed by atoms with Crippen LogP contribution in [0.25, 0.3) is 6.08 Å². The fraction of sp³-hybridized carbons (Fsp3) is 0.550. The molecule has 2 rings (SSSR count). The molecule has 1 heterocycles. The minimum absolute atomic E-state index is 0.0915. The van der Waals surface area contributed by atoms with Gasteiger partial charge in [-0.2, -0.15) is 0 Å². The summed E-state index contributed by atoms with van der Waals surface area (Å²) in [7, 11) is -0.725. The van der Waals surface area contributed by atoms with Crippen molar-refractivity contribution in [2.75, 3.05) is 6.54 Å². The summed E-state index contributed by atoms with van der Waals surface area (Å²) in [6.07, 6.45) is 1.09. The number of aromatic hydroxyl groups is 1. The van der Waals surface area contributed by atoms with Crippen LogP contribution in [0.3, 0.4) is 0 Å². The summed E-state index contributed by atoms with van der Waals surface area (Å²) in [5, 5.41) is 12.1. The molecule has 1 aromatic carbocycles. The largest absolute Gasteiger partial charge is 0.505 e. The summed E-state index contributed by atoms with van der Waals surface area (Å²) in [6, 6.07) is 4.04. The van der Waals surface area contributed by atoms with Crippen molar-refractivity contribution in [3.05, 3.63) is 35.1 Å². The van der Waals surface area contributed by atoms with E-state index in [1.54, 1.807) is 32.9 Å². The summed E-state index contributed by atoms with van der Waals surface area (Å²) in [5.74, 6) is -1.16. The van der Waals surface area contributed by atoms with Gasteiger partial charge in [0.1, 0.15) is 5.60 Å². The molecule has 28 heavy (non-hydrogen) atoms. The highest BCUT2D eigenvalue weighted by Gasteiger charge is 2.52. The number of phenolic OH excluding ortho intramolecular Hbond substituents is 1. The second kappa shape index (κ2) is 7.76. The molecular weight excluding hydrogens is 364 g/mol. The average molecular weight is 393 g/mol. The van der Waals surface area contributed by atoms with E-state index < -0.39 is 41.6 Å². The lowest BCUT2D eigenvalue weighted by atomic mass is 9.77. The fourth-order valence-corrected chi connectivity index (χ4v) is 2.51. The summed E-state index contributed by atoms with van der Waals surface area (Å²) >= 11 is 0. The number of hydrogen-bond donors (Lipinski definition) is 2. The number of amides is 1. The van der Waals surface area contributed by atoms with E-state index in [1.807, 2.05) is 27.7 Å². The first kappa shape index (κ1) is 22.2. The van der Waals surface area contributed by atoms with Crippen molar-refractivity contribution in [3.63, 3.8) is 0 Å². The van der Waals surface area contributed by atoms with Gasteiger partial charge in [0, 0.05) is 6.54 Å². The molecule has 2 N–H and O–H groups in total. The van der Waals surface area contributed by atoms with Crippen molar-refractivity contribution in [3.8, 4) is 5.75 Å². The number of nitrogens with one attached hydrogen (secondary N) is 1. The fourth-order valence-electron chi connectivity index (χ4n) is 2.51. The minimum Gasteiger partial charge on any atom is -0.505 e. The van der Waals surface area contributed by atoms with Crippen LogP contribution in [0, 0.1) is 5.82 Å². The third-order valence-corrected chi connectivity index (χ3v) is 4.72. The first-order valence-corrected chi connectivity index (χ1v) is 9.22. The molecule has 0 radical (unpaired) electrons. The van der Waals surface area contributed by atoms with Crippen LogP contribution in [0.4, 0.5) is 9.18 Å². The Morgan fingerprint density at radius 3 is 2.32 bits per heavy atom. The Morgan fingerprint density at radius 1 is 1.25 bits per heavy atom. The maximum Gasteiger partial charge on any atom is 0.492 e. The van der Waals surface area contributed by atoms with E-state index in [2.05, 4.69) is 5.32 Å². The van der Waals surface area contributed by atoms with E-state index in [0.29, 0.717) is 11.0 Å². The van der Waals surface area contributed by atoms with Crippen molar-refractivity contribution in [1.82, 2.24) is 5.32 Å². The first-order chi connectivity index (χ1) is 12.7. The van der Waals surface area contributed by atoms with Gasteiger partial charge in [0.15, 0.2) is 11.6 Å². The molecule has 8 heteroatoms. The molecule has 0 atom stereocenters. The Bertz CT molecular complexity index is 754. The molecule has 0 spiro atoms. The van der Waals surface area contributed by atoms with Crippen LogP contribution >= 0.6 is 0 Å². The van der Waals surface area contributed by atoms with Crippen LogP contribution < -0.4 is 5.32 Å². The lowest BCUT2D eigenvalue weighted by molar-refractivity contribution is 0.00578. The third-order valence-electron chi connectivity index (χ3n) is 4.72. The van der Waals surface area contributed by atoms with Crippen molar-refractivity contribution in [2.24, 2.45) is 0 Å². The standard InChI is InChI=1S/C20H29BFNO5/c1-18(2,3)26-17(25)23-12-14(10-13-8-9-16(24)15(22)11-13)21-27-19(4,5)20(6,7)28-21/h8-11,24H,12H2,1-7H3,(H,23,25). The van der Waals surface area contributed by atoms with Gasteiger partial charge in [-0.05, 0) is 71.6 Å². The molecule has 1 aromatic rings. The van der Waals surface area contributed by atoms with Gasteiger partial charge >= 0.3 is 13.2 Å². The van der Waals surface area contributed by atoms with Crippen LogP contribution in [0.15, 0.2) is 23.7 Å². The Morgan fingerprint density at radius 2 is 1.82 bits per heavy atom. The lowest BCUT2D eigenvalue weighted by Crippen LogP contribution is -2.41. The second-order valence-corrected chi connectivity index (χ2v) is 8.87. The molecule has 154 valence electrons. The van der Waals surface area contributed by atoms with Crippen LogP contribution in [0.2, 0.25) is 0 Å². The summed E-state index contributed by atoms with van der Waals surface area (Å²) in [5.41, 5.74) is -0.662. The van der Waals surface area contributed by atoms with Crippen molar-refractivity contribution < 1.29 is 28.3 Å². The number of ether oxygens (including phenoxy) is 1. The highest BCUT2D eigenvalue weighted by atomic mass is 19.1. The summed E-state index contributed by atoms with van der Waals surface area (Å²) < 4.78 is 31.1. The number of alkyl carbamates (subject to hydrolysis) is 1. The molecule has 0 aliphatic carbocycles. The predicted octanol–water partition coefficient (Wildman–Crippen LogP) is 4.07. The number of rotatable bonds is 4. The van der Waals surface area contributed by atoms with E-state index in [9.17, 15) is 14.3 Å². The number of halogens is 1. The second-order valence-electron chi connectivity index (χ2n) is 8.87. The van der Waals surface area contributed by atoms with Crippen molar-refractivity contribution in [2.45, 2.75) is 65.3 Å². The zero-order valence-electron chi connectivity index (χ0n) is 17.6. The van der Waals surface area contributed by atoms with Crippen LogP contribution in [0.1, 0.15) is 54.0 Å². The highest BCUT2D eigenvalue weighted by molar-refractivity contribution is 6.56. The molecule has 6 nitrogen and oxygen atoms in total. The Labute approximate surface area is 166 Å². The quantitative estimate of drug-likeness (QED) is 0.755. The molecule has 1 aliphatic heterocycles. The van der Waals surface area contributed by atoms with Gasteiger partial charge in [0.25, 0.3) is 0 Å². The zero-order valence-corrected chi connectivity index (χ0v) is 17.6. The third kappa shape index (κ3) is 5.48. The number of phenols is 1. The molecule has 0 unspecified atom stereocenters. The van der Waals surface area contributed by atoms with E-state index >= 15 is 0 Å². The molecule has 1 aliphatic rings. The SMILES string of the molecule is CC(C)(C)OC(=O)NCC(=Cc1ccc(O)c(F)c1)B1OC(C)(C)C(C)(C)O1. The maximum absolute atomic E-state index is 13.7.